The second-order valence-corrected chi connectivity index (χ2v) is 8.75. The lowest BCUT2D eigenvalue weighted by Crippen LogP contribution is -2.51. The molecule has 1 aliphatic heterocycles. The summed E-state index contributed by atoms with van der Waals surface area (Å²) in [6.45, 7) is 11.5. The minimum atomic E-state index is -0.236. The smallest absolute Gasteiger partial charge is 0.115 e. The normalized spacial score (nSPS) is 19.8. The molecule has 0 radical (unpaired) electrons. The average molecular weight is 349 g/mol. The molecule has 1 fully saturated rings. The van der Waals surface area contributed by atoms with Crippen LogP contribution in [0.4, 0.5) is 0 Å². The fourth-order valence-corrected chi connectivity index (χ4v) is 3.56. The Kier molecular flexibility index (Phi) is 7.44. The van der Waals surface area contributed by atoms with E-state index in [4.69, 9.17) is 0 Å². The Labute approximate surface area is 154 Å². The molecule has 1 heterocycles. The van der Waals surface area contributed by atoms with Gasteiger partial charge in [0, 0.05) is 39.3 Å². The van der Waals surface area contributed by atoms with Crippen LogP contribution < -0.4 is 0 Å². The summed E-state index contributed by atoms with van der Waals surface area (Å²) in [5, 5.41) is 10.3. The minimum Gasteiger partial charge on any atom is -0.386 e. The molecule has 0 aromatic heterocycles. The molecule has 1 aromatic carbocycles. The van der Waals surface area contributed by atoms with Gasteiger partial charge in [-0.2, -0.15) is 0 Å². The Morgan fingerprint density at radius 2 is 1.56 bits per heavy atom. The third-order valence-electron chi connectivity index (χ3n) is 5.26. The van der Waals surface area contributed by atoms with E-state index in [-0.39, 0.29) is 6.10 Å². The van der Waals surface area contributed by atoms with Crippen molar-refractivity contribution in [3.63, 3.8) is 0 Å². The Balaban J connectivity index is 1.75. The maximum atomic E-state index is 10.3. The highest BCUT2D eigenvalue weighted by molar-refractivity contribution is 5.25. The first kappa shape index (κ1) is 20.4. The Morgan fingerprint density at radius 3 is 2.08 bits per heavy atom. The van der Waals surface area contributed by atoms with Crippen LogP contribution in [-0.4, -0.2) is 85.9 Å². The van der Waals surface area contributed by atoms with Crippen LogP contribution in [0.2, 0.25) is 0 Å². The number of piperazine rings is 1. The molecular formula is C21H38N3O+. The van der Waals surface area contributed by atoms with Crippen molar-refractivity contribution in [1.82, 2.24) is 9.80 Å². The Morgan fingerprint density at radius 1 is 1.00 bits per heavy atom. The van der Waals surface area contributed by atoms with Gasteiger partial charge in [-0.15, -0.1) is 0 Å². The van der Waals surface area contributed by atoms with E-state index in [0.29, 0.717) is 5.92 Å². The van der Waals surface area contributed by atoms with Gasteiger partial charge >= 0.3 is 0 Å². The van der Waals surface area contributed by atoms with Gasteiger partial charge < -0.3 is 9.59 Å². The van der Waals surface area contributed by atoms with Crippen molar-refractivity contribution in [3.8, 4) is 0 Å². The molecule has 0 bridgehead atoms. The molecule has 1 aliphatic rings. The number of rotatable bonds is 8. The van der Waals surface area contributed by atoms with Crippen LogP contribution in [-0.2, 0) is 6.54 Å². The summed E-state index contributed by atoms with van der Waals surface area (Å²) in [6.07, 6.45) is 0.959. The quantitative estimate of drug-likeness (QED) is 0.731. The maximum absolute atomic E-state index is 10.3. The summed E-state index contributed by atoms with van der Waals surface area (Å²) < 4.78 is 0.813. The standard InChI is InChI=1S/C21H38N3O/c1-6-18(2)20-9-7-19(8-10-20)15-22-11-13-23(14-12-22)16-21(25)17-24(3,4)5/h7-10,18,21,25H,6,11-17H2,1-5H3/q+1. The van der Waals surface area contributed by atoms with Gasteiger partial charge in [-0.25, -0.2) is 0 Å². The zero-order valence-corrected chi connectivity index (χ0v) is 16.9. The van der Waals surface area contributed by atoms with Crippen molar-refractivity contribution in [3.05, 3.63) is 35.4 Å². The summed E-state index contributed by atoms with van der Waals surface area (Å²) in [7, 11) is 6.40. The van der Waals surface area contributed by atoms with E-state index >= 15 is 0 Å². The van der Waals surface area contributed by atoms with Gasteiger partial charge in [0.2, 0.25) is 0 Å². The van der Waals surface area contributed by atoms with Gasteiger partial charge in [0.25, 0.3) is 0 Å². The van der Waals surface area contributed by atoms with Crippen LogP contribution in [0.15, 0.2) is 24.3 Å². The van der Waals surface area contributed by atoms with Gasteiger partial charge in [0.05, 0.1) is 21.1 Å². The van der Waals surface area contributed by atoms with Crippen LogP contribution >= 0.6 is 0 Å². The van der Waals surface area contributed by atoms with Crippen LogP contribution in [0.3, 0.4) is 0 Å². The number of benzene rings is 1. The van der Waals surface area contributed by atoms with Gasteiger partial charge in [0.1, 0.15) is 12.6 Å². The van der Waals surface area contributed by atoms with Crippen LogP contribution in [0, 0.1) is 0 Å². The maximum Gasteiger partial charge on any atom is 0.115 e. The fourth-order valence-electron chi connectivity index (χ4n) is 3.56. The number of nitrogens with zero attached hydrogens (tertiary/aromatic N) is 3. The zero-order valence-electron chi connectivity index (χ0n) is 16.9. The molecule has 1 aromatic rings. The van der Waals surface area contributed by atoms with E-state index in [1.807, 2.05) is 0 Å². The molecule has 4 heteroatoms. The van der Waals surface area contributed by atoms with E-state index in [1.54, 1.807) is 0 Å². The Bertz CT molecular complexity index is 501. The van der Waals surface area contributed by atoms with Crippen molar-refractivity contribution < 1.29 is 9.59 Å². The molecule has 142 valence electrons. The first-order valence-electron chi connectivity index (χ1n) is 9.79. The lowest BCUT2D eigenvalue weighted by Gasteiger charge is -2.36. The van der Waals surface area contributed by atoms with Crippen LogP contribution in [0.1, 0.15) is 37.3 Å². The van der Waals surface area contributed by atoms with E-state index in [2.05, 4.69) is 69.1 Å². The predicted octanol–water partition coefficient (Wildman–Crippen LogP) is 2.38. The number of aliphatic hydroxyl groups is 1. The van der Waals surface area contributed by atoms with Gasteiger partial charge in [-0.1, -0.05) is 38.1 Å². The largest absolute Gasteiger partial charge is 0.386 e. The van der Waals surface area contributed by atoms with E-state index in [9.17, 15) is 5.11 Å². The molecule has 1 N–H and O–H groups in total. The highest BCUT2D eigenvalue weighted by Crippen LogP contribution is 2.19. The molecule has 1 saturated heterocycles. The lowest BCUT2D eigenvalue weighted by molar-refractivity contribution is -0.873. The molecule has 25 heavy (non-hydrogen) atoms. The van der Waals surface area contributed by atoms with Crippen molar-refractivity contribution >= 4 is 0 Å². The third-order valence-corrected chi connectivity index (χ3v) is 5.26. The molecule has 0 amide bonds. The van der Waals surface area contributed by atoms with E-state index in [0.717, 1.165) is 50.3 Å². The molecule has 0 saturated carbocycles. The molecule has 0 spiro atoms. The van der Waals surface area contributed by atoms with Gasteiger partial charge in [-0.05, 0) is 23.5 Å². The first-order chi connectivity index (χ1) is 11.8. The fraction of sp³-hybridized carbons (Fsp3) is 0.714. The zero-order chi connectivity index (χ0) is 18.4. The molecule has 0 aliphatic carbocycles. The number of quaternary nitrogens is 1. The van der Waals surface area contributed by atoms with Gasteiger partial charge in [0.15, 0.2) is 0 Å². The third kappa shape index (κ3) is 7.06. The topological polar surface area (TPSA) is 26.7 Å². The monoisotopic (exact) mass is 348 g/mol. The Hall–Kier alpha value is -0.940. The number of hydrogen-bond acceptors (Lipinski definition) is 3. The number of β-amino-alcohol motifs (C(OH)–C–C–N with tert-alkyl or cyclic N) is 1. The molecular weight excluding hydrogens is 310 g/mol. The number of likely N-dealkylation sites (N-methyl/N-ethyl adjacent to an activating group) is 1. The second kappa shape index (κ2) is 9.13. The van der Waals surface area contributed by atoms with Crippen molar-refractivity contribution in [1.29, 1.82) is 0 Å². The summed E-state index contributed by atoms with van der Waals surface area (Å²) in [6, 6.07) is 9.17. The molecule has 4 nitrogen and oxygen atoms in total. The highest BCUT2D eigenvalue weighted by Gasteiger charge is 2.22. The number of aliphatic hydroxyl groups excluding tert-OH is 1. The van der Waals surface area contributed by atoms with E-state index < -0.39 is 0 Å². The number of hydrogen-bond donors (Lipinski definition) is 1. The van der Waals surface area contributed by atoms with E-state index in [1.165, 1.54) is 17.5 Å². The average Bonchev–Trinajstić information content (AvgIpc) is 2.55. The molecule has 2 rings (SSSR count). The molecule has 2 atom stereocenters. The van der Waals surface area contributed by atoms with Crippen molar-refractivity contribution in [2.75, 3.05) is 60.4 Å². The predicted molar refractivity (Wildman–Crippen MR) is 106 cm³/mol. The van der Waals surface area contributed by atoms with Gasteiger partial charge in [-0.3, -0.25) is 9.80 Å². The molecule has 2 unspecified atom stereocenters. The van der Waals surface area contributed by atoms with Crippen LogP contribution in [0.25, 0.3) is 0 Å². The van der Waals surface area contributed by atoms with Crippen molar-refractivity contribution in [2.45, 2.75) is 38.8 Å². The summed E-state index contributed by atoms with van der Waals surface area (Å²) >= 11 is 0. The van der Waals surface area contributed by atoms with Crippen molar-refractivity contribution in [2.24, 2.45) is 0 Å². The highest BCUT2D eigenvalue weighted by atomic mass is 16.3. The SMILES string of the molecule is CCC(C)c1ccc(CN2CCN(CC(O)C[N+](C)(C)C)CC2)cc1. The summed E-state index contributed by atoms with van der Waals surface area (Å²) in [5.74, 6) is 0.649. The summed E-state index contributed by atoms with van der Waals surface area (Å²) in [4.78, 5) is 4.93. The summed E-state index contributed by atoms with van der Waals surface area (Å²) in [5.41, 5.74) is 2.85. The second-order valence-electron chi connectivity index (χ2n) is 8.75. The first-order valence-corrected chi connectivity index (χ1v) is 9.79. The van der Waals surface area contributed by atoms with Crippen LogP contribution in [0.5, 0.6) is 0 Å². The minimum absolute atomic E-state index is 0.236. The lowest BCUT2D eigenvalue weighted by atomic mass is 9.97.